The van der Waals surface area contributed by atoms with E-state index in [-0.39, 0.29) is 31.1 Å². The summed E-state index contributed by atoms with van der Waals surface area (Å²) in [5.41, 5.74) is 0. The summed E-state index contributed by atoms with van der Waals surface area (Å²) in [6.45, 7) is 6.71. The molecule has 0 amide bonds. The van der Waals surface area contributed by atoms with Gasteiger partial charge >= 0.3 is 17.9 Å². The van der Waals surface area contributed by atoms with Crippen LogP contribution in [0.1, 0.15) is 425 Å². The number of esters is 3. The minimum absolute atomic E-state index is 0.0654. The van der Waals surface area contributed by atoms with Crippen molar-refractivity contribution < 1.29 is 28.6 Å². The zero-order chi connectivity index (χ0) is 59.2. The molecule has 484 valence electrons. The van der Waals surface area contributed by atoms with Crippen LogP contribution in [-0.4, -0.2) is 37.2 Å². The fourth-order valence-electron chi connectivity index (χ4n) is 11.6. The van der Waals surface area contributed by atoms with Crippen LogP contribution in [0, 0.1) is 0 Å². The van der Waals surface area contributed by atoms with Gasteiger partial charge in [-0.05, 0) is 51.4 Å². The Balaban J connectivity index is 4.28. The van der Waals surface area contributed by atoms with Crippen LogP contribution in [0.5, 0.6) is 0 Å². The molecule has 0 saturated carbocycles. The molecule has 0 bridgehead atoms. The minimum Gasteiger partial charge on any atom is -0.462 e. The van der Waals surface area contributed by atoms with Gasteiger partial charge in [0.15, 0.2) is 6.10 Å². The molecule has 6 heteroatoms. The van der Waals surface area contributed by atoms with Gasteiger partial charge in [-0.1, -0.05) is 379 Å². The topological polar surface area (TPSA) is 78.9 Å². The van der Waals surface area contributed by atoms with Gasteiger partial charge in [0.1, 0.15) is 13.2 Å². The Labute approximate surface area is 513 Å². The first-order chi connectivity index (χ1) is 40.5. The molecule has 0 rings (SSSR count). The molecule has 0 aromatic heterocycles. The van der Waals surface area contributed by atoms with Gasteiger partial charge in [-0.25, -0.2) is 0 Å². The number of hydrogen-bond donors (Lipinski definition) is 0. The van der Waals surface area contributed by atoms with Crippen LogP contribution in [0.3, 0.4) is 0 Å². The average Bonchev–Trinajstić information content (AvgIpc) is 3.47. The number of unbranched alkanes of at least 4 members (excludes halogenated alkanes) is 55. The molecule has 0 N–H and O–H groups in total. The Morgan fingerprint density at radius 1 is 0.244 bits per heavy atom. The number of carbonyl (C=O) groups excluding carboxylic acids is 3. The maximum Gasteiger partial charge on any atom is 0.306 e. The largest absolute Gasteiger partial charge is 0.462 e. The Kier molecular flexibility index (Phi) is 69.5. The summed E-state index contributed by atoms with van der Waals surface area (Å²) in [5.74, 6) is -0.832. The Hall–Kier alpha value is -2.11. The highest BCUT2D eigenvalue weighted by Crippen LogP contribution is 2.19. The first-order valence-electron chi connectivity index (χ1n) is 37.3. The lowest BCUT2D eigenvalue weighted by molar-refractivity contribution is -0.167. The van der Waals surface area contributed by atoms with E-state index in [2.05, 4.69) is 45.1 Å². The summed E-state index contributed by atoms with van der Waals surface area (Å²) in [4.78, 5) is 38.6. The molecule has 0 aliphatic heterocycles. The summed E-state index contributed by atoms with van der Waals surface area (Å²) in [6, 6.07) is 0. The van der Waals surface area contributed by atoms with Gasteiger partial charge in [0.05, 0.1) is 0 Å². The van der Waals surface area contributed by atoms with Gasteiger partial charge in [-0.15, -0.1) is 0 Å². The molecule has 0 aliphatic rings. The van der Waals surface area contributed by atoms with Crippen molar-refractivity contribution in [2.75, 3.05) is 13.2 Å². The monoisotopic (exact) mass is 1150 g/mol. The number of carbonyl (C=O) groups is 3. The van der Waals surface area contributed by atoms with Crippen LogP contribution in [0.15, 0.2) is 24.3 Å². The van der Waals surface area contributed by atoms with Crippen molar-refractivity contribution in [2.45, 2.75) is 431 Å². The lowest BCUT2D eigenvalue weighted by Gasteiger charge is -2.18. The smallest absolute Gasteiger partial charge is 0.306 e. The van der Waals surface area contributed by atoms with E-state index in [1.165, 1.54) is 321 Å². The maximum absolute atomic E-state index is 13.0. The van der Waals surface area contributed by atoms with Gasteiger partial charge in [0.25, 0.3) is 0 Å². The van der Waals surface area contributed by atoms with Gasteiger partial charge in [-0.2, -0.15) is 0 Å². The number of allylic oxidation sites excluding steroid dienone is 4. The van der Waals surface area contributed by atoms with Crippen molar-refractivity contribution in [2.24, 2.45) is 0 Å². The van der Waals surface area contributed by atoms with Crippen molar-refractivity contribution in [3.8, 4) is 0 Å². The number of rotatable bonds is 70. The first-order valence-corrected chi connectivity index (χ1v) is 37.3. The van der Waals surface area contributed by atoms with E-state index in [1.54, 1.807) is 0 Å². The predicted molar refractivity (Wildman–Crippen MR) is 358 cm³/mol. The molecular weight excluding hydrogens is 1010 g/mol. The summed E-state index contributed by atoms with van der Waals surface area (Å²) in [5, 5.41) is 0. The van der Waals surface area contributed by atoms with Crippen molar-refractivity contribution in [1.29, 1.82) is 0 Å². The highest BCUT2D eigenvalue weighted by molar-refractivity contribution is 5.71. The van der Waals surface area contributed by atoms with Gasteiger partial charge in [-0.3, -0.25) is 14.4 Å². The zero-order valence-corrected chi connectivity index (χ0v) is 55.8. The summed E-state index contributed by atoms with van der Waals surface area (Å²) < 4.78 is 17.1. The van der Waals surface area contributed by atoms with Crippen LogP contribution in [0.4, 0.5) is 0 Å². The van der Waals surface area contributed by atoms with E-state index < -0.39 is 6.10 Å². The summed E-state index contributed by atoms with van der Waals surface area (Å²) in [7, 11) is 0. The molecule has 0 heterocycles. The first kappa shape index (κ1) is 79.9. The Bertz CT molecular complexity index is 1320. The third-order valence-electron chi connectivity index (χ3n) is 17.2. The van der Waals surface area contributed by atoms with E-state index in [1.807, 2.05) is 0 Å². The minimum atomic E-state index is -0.771. The molecule has 1 unspecified atom stereocenters. The van der Waals surface area contributed by atoms with Crippen LogP contribution in [0.25, 0.3) is 0 Å². The molecule has 0 fully saturated rings. The van der Waals surface area contributed by atoms with Gasteiger partial charge in [0, 0.05) is 19.3 Å². The van der Waals surface area contributed by atoms with Gasteiger partial charge in [0.2, 0.25) is 0 Å². The highest BCUT2D eigenvalue weighted by Gasteiger charge is 2.20. The Morgan fingerprint density at radius 3 is 0.695 bits per heavy atom. The SMILES string of the molecule is CCCCC/C=C\C/C=C\CCCCCCCCCCCC(=O)OCC(COC(=O)CCCCCCCCCCCCCCCCCCCCCCCCC)OC(=O)CCCCCCCCCCCCCCCCCCCCCCCC. The maximum atomic E-state index is 13.0. The van der Waals surface area contributed by atoms with Crippen molar-refractivity contribution in [3.05, 3.63) is 24.3 Å². The van der Waals surface area contributed by atoms with E-state index in [9.17, 15) is 14.4 Å². The van der Waals surface area contributed by atoms with E-state index >= 15 is 0 Å². The third-order valence-corrected chi connectivity index (χ3v) is 17.2. The van der Waals surface area contributed by atoms with E-state index in [0.717, 1.165) is 64.2 Å². The normalized spacial score (nSPS) is 12.1. The molecule has 6 nitrogen and oxygen atoms in total. The second kappa shape index (κ2) is 71.4. The fraction of sp³-hybridized carbons (Fsp3) is 0.908. The van der Waals surface area contributed by atoms with Gasteiger partial charge < -0.3 is 14.2 Å². The fourth-order valence-corrected chi connectivity index (χ4v) is 11.6. The highest BCUT2D eigenvalue weighted by atomic mass is 16.6. The Morgan fingerprint density at radius 2 is 0.439 bits per heavy atom. The lowest BCUT2D eigenvalue weighted by Crippen LogP contribution is -2.30. The number of ether oxygens (including phenoxy) is 3. The molecule has 0 aliphatic carbocycles. The van der Waals surface area contributed by atoms with Crippen LogP contribution in [-0.2, 0) is 28.6 Å². The van der Waals surface area contributed by atoms with Crippen molar-refractivity contribution >= 4 is 17.9 Å². The average molecular weight is 1150 g/mol. The molecular formula is C76H144O6. The summed E-state index contributed by atoms with van der Waals surface area (Å²) >= 11 is 0. The lowest BCUT2D eigenvalue weighted by atomic mass is 10.0. The summed E-state index contributed by atoms with van der Waals surface area (Å²) in [6.07, 6.45) is 87.8. The van der Waals surface area contributed by atoms with E-state index in [4.69, 9.17) is 14.2 Å². The zero-order valence-electron chi connectivity index (χ0n) is 55.8. The predicted octanol–water partition coefficient (Wildman–Crippen LogP) is 25.7. The van der Waals surface area contributed by atoms with Crippen LogP contribution >= 0.6 is 0 Å². The molecule has 0 spiro atoms. The standard InChI is InChI=1S/C76H144O6/c1-4-7-10-13-16-19-22-25-28-31-34-36-38-40-42-45-48-51-54-57-60-63-66-69-75(78)81-72-73(71-80-74(77)68-65-62-59-56-53-50-47-44-41-33-30-27-24-21-18-15-12-9-6-3)82-76(79)70-67-64-61-58-55-52-49-46-43-39-37-35-32-29-26-23-20-17-14-11-8-5-2/h18,21,27,30,73H,4-17,19-20,22-26,28-29,31-72H2,1-3H3/b21-18-,30-27-. The molecule has 82 heavy (non-hydrogen) atoms. The van der Waals surface area contributed by atoms with Crippen LogP contribution < -0.4 is 0 Å². The van der Waals surface area contributed by atoms with Crippen LogP contribution in [0.2, 0.25) is 0 Å². The van der Waals surface area contributed by atoms with E-state index in [0.29, 0.717) is 19.3 Å². The number of hydrogen-bond acceptors (Lipinski definition) is 6. The molecule has 0 aromatic carbocycles. The second-order valence-electron chi connectivity index (χ2n) is 25.6. The molecule has 1 atom stereocenters. The third kappa shape index (κ3) is 68.7. The van der Waals surface area contributed by atoms with Crippen molar-refractivity contribution in [1.82, 2.24) is 0 Å². The second-order valence-corrected chi connectivity index (χ2v) is 25.6. The van der Waals surface area contributed by atoms with Crippen molar-refractivity contribution in [3.63, 3.8) is 0 Å². The quantitative estimate of drug-likeness (QED) is 0.0261. The molecule has 0 saturated heterocycles. The molecule has 0 aromatic rings. The molecule has 0 radical (unpaired) electrons.